The second-order valence-corrected chi connectivity index (χ2v) is 11.9. The highest BCUT2D eigenvalue weighted by molar-refractivity contribution is 6.74. The van der Waals surface area contributed by atoms with E-state index in [-0.39, 0.29) is 11.1 Å². The van der Waals surface area contributed by atoms with Gasteiger partial charge in [0.2, 0.25) is 5.88 Å². The lowest BCUT2D eigenvalue weighted by Crippen LogP contribution is -2.40. The Bertz CT molecular complexity index is 514. The van der Waals surface area contributed by atoms with Gasteiger partial charge in [0.05, 0.1) is 6.10 Å². The lowest BCUT2D eigenvalue weighted by atomic mass is 10.2. The van der Waals surface area contributed by atoms with Crippen LogP contribution in [0, 0.1) is 0 Å². The molecule has 1 rings (SSSR count). The van der Waals surface area contributed by atoms with Crippen molar-refractivity contribution < 1.29 is 9.16 Å². The molecule has 0 saturated heterocycles. The first-order chi connectivity index (χ1) is 10.1. The van der Waals surface area contributed by atoms with Crippen LogP contribution in [0.3, 0.4) is 0 Å². The molecule has 0 fully saturated rings. The third kappa shape index (κ3) is 6.06. The molecule has 0 heterocycles. The van der Waals surface area contributed by atoms with Crippen molar-refractivity contribution in [2.75, 3.05) is 0 Å². The van der Waals surface area contributed by atoms with E-state index in [9.17, 15) is 0 Å². The zero-order valence-corrected chi connectivity index (χ0v) is 15.9. The Balaban J connectivity index is 3.02. The SMILES string of the molecule is CC(C)O/C=N/C(=C/c1ccccc1)O[Si](C)(C)C(C)(C)C. The van der Waals surface area contributed by atoms with Crippen molar-refractivity contribution in [3.63, 3.8) is 0 Å². The first-order valence-corrected chi connectivity index (χ1v) is 10.7. The maximum atomic E-state index is 6.31. The fourth-order valence-corrected chi connectivity index (χ4v) is 2.34. The lowest BCUT2D eigenvalue weighted by molar-refractivity contribution is 0.239. The average Bonchev–Trinajstić information content (AvgIpc) is 2.37. The standard InChI is InChI=1S/C18H29NO2Si/c1-15(2)20-14-19-17(13-16-11-9-8-10-12-16)21-22(6,7)18(3,4)5/h8-15H,1-7H3/b17-13-,19-14+. The largest absolute Gasteiger partial charge is 0.531 e. The normalized spacial score (nSPS) is 13.7. The van der Waals surface area contributed by atoms with Crippen LogP contribution < -0.4 is 0 Å². The summed E-state index contributed by atoms with van der Waals surface area (Å²) in [5.74, 6) is 0.610. The Morgan fingerprint density at radius 1 is 1.14 bits per heavy atom. The molecule has 1 aromatic rings. The Labute approximate surface area is 136 Å². The maximum absolute atomic E-state index is 6.31. The van der Waals surface area contributed by atoms with Crippen LogP contribution >= 0.6 is 0 Å². The van der Waals surface area contributed by atoms with Gasteiger partial charge >= 0.3 is 0 Å². The minimum Gasteiger partial charge on any atom is -0.531 e. The second-order valence-electron chi connectivity index (χ2n) is 7.17. The van der Waals surface area contributed by atoms with Gasteiger partial charge in [0.15, 0.2) is 6.40 Å². The quantitative estimate of drug-likeness (QED) is 0.302. The zero-order valence-electron chi connectivity index (χ0n) is 14.9. The van der Waals surface area contributed by atoms with Gasteiger partial charge in [-0.15, -0.1) is 0 Å². The van der Waals surface area contributed by atoms with Crippen LogP contribution in [0.5, 0.6) is 0 Å². The van der Waals surface area contributed by atoms with Crippen molar-refractivity contribution in [2.45, 2.75) is 58.9 Å². The molecular formula is C18H29NO2Si. The molecule has 0 saturated carbocycles. The van der Waals surface area contributed by atoms with Gasteiger partial charge in [-0.3, -0.25) is 0 Å². The van der Waals surface area contributed by atoms with Crippen LogP contribution in [-0.2, 0) is 9.16 Å². The number of ether oxygens (including phenoxy) is 1. The van der Waals surface area contributed by atoms with E-state index < -0.39 is 8.32 Å². The molecule has 4 heteroatoms. The fourth-order valence-electron chi connectivity index (χ4n) is 1.40. The predicted octanol–water partition coefficient (Wildman–Crippen LogP) is 5.46. The van der Waals surface area contributed by atoms with Crippen LogP contribution in [0.4, 0.5) is 0 Å². The van der Waals surface area contributed by atoms with Crippen molar-refractivity contribution in [3.05, 3.63) is 41.8 Å². The highest BCUT2D eigenvalue weighted by Gasteiger charge is 2.39. The van der Waals surface area contributed by atoms with Crippen LogP contribution in [0.2, 0.25) is 18.1 Å². The molecule has 0 bridgehead atoms. The molecule has 0 aromatic heterocycles. The molecule has 0 atom stereocenters. The number of hydrogen-bond acceptors (Lipinski definition) is 3. The molecule has 122 valence electrons. The van der Waals surface area contributed by atoms with Gasteiger partial charge in [-0.1, -0.05) is 51.1 Å². The third-order valence-corrected chi connectivity index (χ3v) is 8.10. The molecular weight excluding hydrogens is 290 g/mol. The van der Waals surface area contributed by atoms with Gasteiger partial charge in [-0.05, 0) is 37.5 Å². The van der Waals surface area contributed by atoms with Gasteiger partial charge < -0.3 is 9.16 Å². The number of nitrogens with zero attached hydrogens (tertiary/aromatic N) is 1. The molecule has 0 N–H and O–H groups in total. The first kappa shape index (κ1) is 18.5. The average molecular weight is 320 g/mol. The van der Waals surface area contributed by atoms with Crippen molar-refractivity contribution in [3.8, 4) is 0 Å². The van der Waals surface area contributed by atoms with Crippen LogP contribution in [0.1, 0.15) is 40.2 Å². The van der Waals surface area contributed by atoms with Gasteiger partial charge in [-0.2, -0.15) is 4.99 Å². The molecule has 0 aliphatic carbocycles. The van der Waals surface area contributed by atoms with Crippen molar-refractivity contribution >= 4 is 20.8 Å². The first-order valence-electron chi connectivity index (χ1n) is 7.75. The molecule has 1 aromatic carbocycles. The summed E-state index contributed by atoms with van der Waals surface area (Å²) in [5, 5.41) is 0.122. The van der Waals surface area contributed by atoms with Gasteiger partial charge in [0.25, 0.3) is 8.32 Å². The van der Waals surface area contributed by atoms with Crippen LogP contribution in [0.15, 0.2) is 41.2 Å². The summed E-state index contributed by atoms with van der Waals surface area (Å²) in [7, 11) is -1.94. The van der Waals surface area contributed by atoms with E-state index in [1.807, 2.05) is 50.3 Å². The van der Waals surface area contributed by atoms with E-state index >= 15 is 0 Å². The third-order valence-electron chi connectivity index (χ3n) is 3.77. The topological polar surface area (TPSA) is 30.8 Å². The maximum Gasteiger partial charge on any atom is 0.252 e. The van der Waals surface area contributed by atoms with Crippen molar-refractivity contribution in [2.24, 2.45) is 4.99 Å². The number of hydrogen-bond donors (Lipinski definition) is 0. The van der Waals surface area contributed by atoms with Gasteiger partial charge in [0, 0.05) is 6.08 Å². The summed E-state index contributed by atoms with van der Waals surface area (Å²) < 4.78 is 11.7. The highest BCUT2D eigenvalue weighted by Crippen LogP contribution is 2.38. The number of rotatable bonds is 6. The van der Waals surface area contributed by atoms with Gasteiger partial charge in [-0.25, -0.2) is 0 Å². The van der Waals surface area contributed by atoms with E-state index in [4.69, 9.17) is 9.16 Å². The second kappa shape index (κ2) is 7.63. The van der Waals surface area contributed by atoms with Gasteiger partial charge in [0.1, 0.15) is 0 Å². The van der Waals surface area contributed by atoms with Crippen molar-refractivity contribution in [1.29, 1.82) is 0 Å². The summed E-state index contributed by atoms with van der Waals surface area (Å²) in [6, 6.07) is 10.1. The van der Waals surface area contributed by atoms with E-state index in [0.717, 1.165) is 5.56 Å². The molecule has 0 spiro atoms. The Morgan fingerprint density at radius 2 is 1.73 bits per heavy atom. The Hall–Kier alpha value is -1.55. The molecule has 0 unspecified atom stereocenters. The zero-order chi connectivity index (χ0) is 16.8. The molecule has 0 aliphatic rings. The number of benzene rings is 1. The van der Waals surface area contributed by atoms with E-state index in [1.165, 1.54) is 6.40 Å². The van der Waals surface area contributed by atoms with Crippen LogP contribution in [-0.4, -0.2) is 20.8 Å². The minimum atomic E-state index is -1.94. The molecule has 3 nitrogen and oxygen atoms in total. The summed E-state index contributed by atoms with van der Waals surface area (Å²) in [4.78, 5) is 4.38. The minimum absolute atomic E-state index is 0.106. The molecule has 0 aliphatic heterocycles. The molecule has 22 heavy (non-hydrogen) atoms. The monoisotopic (exact) mass is 319 g/mol. The fraction of sp³-hybridized carbons (Fsp3) is 0.500. The summed E-state index contributed by atoms with van der Waals surface area (Å²) >= 11 is 0. The number of aliphatic imine (C=N–C) groups is 1. The smallest absolute Gasteiger partial charge is 0.252 e. The predicted molar refractivity (Wildman–Crippen MR) is 97.4 cm³/mol. The molecule has 0 radical (unpaired) electrons. The highest BCUT2D eigenvalue weighted by atomic mass is 28.4. The molecule has 0 amide bonds. The van der Waals surface area contributed by atoms with Crippen LogP contribution in [0.25, 0.3) is 6.08 Å². The van der Waals surface area contributed by atoms with E-state index in [0.29, 0.717) is 5.88 Å². The van der Waals surface area contributed by atoms with E-state index in [2.05, 4.69) is 38.9 Å². The van der Waals surface area contributed by atoms with E-state index in [1.54, 1.807) is 0 Å². The summed E-state index contributed by atoms with van der Waals surface area (Å²) in [6.45, 7) is 15.0. The Kier molecular flexibility index (Phi) is 6.42. The summed E-state index contributed by atoms with van der Waals surface area (Å²) in [6.07, 6.45) is 3.54. The Morgan fingerprint density at radius 3 is 2.23 bits per heavy atom. The summed E-state index contributed by atoms with van der Waals surface area (Å²) in [5.41, 5.74) is 1.07. The van der Waals surface area contributed by atoms with Crippen molar-refractivity contribution in [1.82, 2.24) is 0 Å². The lowest BCUT2D eigenvalue weighted by Gasteiger charge is -2.36.